The predicted octanol–water partition coefficient (Wildman–Crippen LogP) is 1.63. The van der Waals surface area contributed by atoms with Crippen molar-refractivity contribution in [2.75, 3.05) is 13.1 Å². The lowest BCUT2D eigenvalue weighted by Crippen LogP contribution is -2.48. The monoisotopic (exact) mass is 295 g/mol. The number of amides is 2. The van der Waals surface area contributed by atoms with Gasteiger partial charge < -0.3 is 19.7 Å². The van der Waals surface area contributed by atoms with Crippen molar-refractivity contribution in [2.24, 2.45) is 5.41 Å². The molecule has 1 aromatic rings. The van der Waals surface area contributed by atoms with E-state index in [0.29, 0.717) is 31.8 Å². The Kier molecular flexibility index (Phi) is 4.50. The number of oxazole rings is 1. The zero-order valence-electron chi connectivity index (χ0n) is 12.4. The summed E-state index contributed by atoms with van der Waals surface area (Å²) in [5, 5.41) is 11.9. The van der Waals surface area contributed by atoms with Crippen molar-refractivity contribution in [1.82, 2.24) is 15.2 Å². The highest BCUT2D eigenvalue weighted by molar-refractivity contribution is 5.76. The second kappa shape index (κ2) is 6.15. The molecule has 0 atom stereocenters. The van der Waals surface area contributed by atoms with E-state index >= 15 is 0 Å². The average Bonchev–Trinajstić information content (AvgIpc) is 2.93. The van der Waals surface area contributed by atoms with Crippen LogP contribution in [0.1, 0.15) is 38.3 Å². The van der Waals surface area contributed by atoms with Gasteiger partial charge in [0.25, 0.3) is 0 Å². The van der Waals surface area contributed by atoms with E-state index in [1.54, 1.807) is 18.0 Å². The molecule has 0 radical (unpaired) electrons. The number of urea groups is 1. The first-order valence-corrected chi connectivity index (χ1v) is 7.14. The second-order valence-corrected chi connectivity index (χ2v) is 5.59. The maximum absolute atomic E-state index is 12.0. The number of carboxylic acids is 1. The van der Waals surface area contributed by atoms with E-state index in [9.17, 15) is 9.59 Å². The summed E-state index contributed by atoms with van der Waals surface area (Å²) < 4.78 is 5.41. The molecule has 2 amide bonds. The van der Waals surface area contributed by atoms with Crippen LogP contribution in [0, 0.1) is 5.41 Å². The van der Waals surface area contributed by atoms with Crippen molar-refractivity contribution in [3.05, 3.63) is 17.8 Å². The Hall–Kier alpha value is -2.05. The van der Waals surface area contributed by atoms with Gasteiger partial charge in [-0.05, 0) is 19.8 Å². The standard InChI is InChI=1S/C14H21N3O4/c1-3-10-8-15-11(21-10)9-16-13(20)17-6-4-14(2,5-7-17)12(18)19/h8H,3-7,9H2,1-2H3,(H,16,20)(H,18,19). The molecular formula is C14H21N3O4. The van der Waals surface area contributed by atoms with Crippen molar-refractivity contribution in [2.45, 2.75) is 39.7 Å². The van der Waals surface area contributed by atoms with E-state index < -0.39 is 11.4 Å². The number of aryl methyl sites for hydroxylation is 1. The number of rotatable bonds is 4. The van der Waals surface area contributed by atoms with Gasteiger partial charge in [0.2, 0.25) is 5.89 Å². The van der Waals surface area contributed by atoms with Crippen LogP contribution in [0.5, 0.6) is 0 Å². The number of nitrogens with zero attached hydrogens (tertiary/aromatic N) is 2. The number of piperidine rings is 1. The van der Waals surface area contributed by atoms with Crippen molar-refractivity contribution in [3.63, 3.8) is 0 Å². The summed E-state index contributed by atoms with van der Waals surface area (Å²) in [6.45, 7) is 4.83. The average molecular weight is 295 g/mol. The van der Waals surface area contributed by atoms with E-state index in [0.717, 1.165) is 12.2 Å². The highest BCUT2D eigenvalue weighted by atomic mass is 16.4. The van der Waals surface area contributed by atoms with Crippen LogP contribution < -0.4 is 5.32 Å². The Morgan fingerprint density at radius 1 is 1.48 bits per heavy atom. The smallest absolute Gasteiger partial charge is 0.317 e. The van der Waals surface area contributed by atoms with Crippen molar-refractivity contribution < 1.29 is 19.1 Å². The maximum atomic E-state index is 12.0. The fourth-order valence-electron chi connectivity index (χ4n) is 2.27. The van der Waals surface area contributed by atoms with E-state index in [2.05, 4.69) is 10.3 Å². The minimum absolute atomic E-state index is 0.210. The molecule has 1 saturated heterocycles. The van der Waals surface area contributed by atoms with Crippen LogP contribution in [0.15, 0.2) is 10.6 Å². The molecule has 0 saturated carbocycles. The van der Waals surface area contributed by atoms with Crippen LogP contribution >= 0.6 is 0 Å². The molecule has 0 bridgehead atoms. The molecule has 1 aliphatic heterocycles. The molecule has 1 aromatic heterocycles. The zero-order chi connectivity index (χ0) is 15.5. The number of hydrogen-bond acceptors (Lipinski definition) is 4. The normalized spacial score (nSPS) is 17.5. The van der Waals surface area contributed by atoms with Gasteiger partial charge in [0.05, 0.1) is 18.2 Å². The lowest BCUT2D eigenvalue weighted by Gasteiger charge is -2.36. The third-order valence-corrected chi connectivity index (χ3v) is 4.01. The van der Waals surface area contributed by atoms with Crippen molar-refractivity contribution in [3.8, 4) is 0 Å². The van der Waals surface area contributed by atoms with Gasteiger partial charge in [-0.25, -0.2) is 9.78 Å². The largest absolute Gasteiger partial charge is 0.481 e. The van der Waals surface area contributed by atoms with E-state index in [-0.39, 0.29) is 12.6 Å². The molecule has 2 N–H and O–H groups in total. The molecular weight excluding hydrogens is 274 g/mol. The van der Waals surface area contributed by atoms with E-state index in [4.69, 9.17) is 9.52 Å². The molecule has 1 fully saturated rings. The van der Waals surface area contributed by atoms with Crippen LogP contribution in [0.4, 0.5) is 4.79 Å². The van der Waals surface area contributed by atoms with Gasteiger partial charge in [0.1, 0.15) is 5.76 Å². The summed E-state index contributed by atoms with van der Waals surface area (Å²) in [4.78, 5) is 28.9. The molecule has 0 unspecified atom stereocenters. The predicted molar refractivity (Wildman–Crippen MR) is 74.7 cm³/mol. The summed E-state index contributed by atoms with van der Waals surface area (Å²) >= 11 is 0. The molecule has 7 nitrogen and oxygen atoms in total. The fraction of sp³-hybridized carbons (Fsp3) is 0.643. The van der Waals surface area contributed by atoms with Gasteiger partial charge in [-0.1, -0.05) is 6.92 Å². The van der Waals surface area contributed by atoms with Crippen LogP contribution in [-0.4, -0.2) is 40.1 Å². The summed E-state index contributed by atoms with van der Waals surface area (Å²) in [5.41, 5.74) is -0.727. The first-order valence-electron chi connectivity index (χ1n) is 7.14. The lowest BCUT2D eigenvalue weighted by molar-refractivity contribution is -0.150. The number of aromatic nitrogens is 1. The van der Waals surface area contributed by atoms with Gasteiger partial charge in [-0.2, -0.15) is 0 Å². The Morgan fingerprint density at radius 3 is 2.67 bits per heavy atom. The number of likely N-dealkylation sites (tertiary alicyclic amines) is 1. The molecule has 0 aromatic carbocycles. The third kappa shape index (κ3) is 3.53. The Bertz CT molecular complexity index is 518. The highest BCUT2D eigenvalue weighted by Gasteiger charge is 2.37. The third-order valence-electron chi connectivity index (χ3n) is 4.01. The minimum Gasteiger partial charge on any atom is -0.481 e. The maximum Gasteiger partial charge on any atom is 0.317 e. The Morgan fingerprint density at radius 2 is 2.14 bits per heavy atom. The van der Waals surface area contributed by atoms with E-state index in [1.165, 1.54) is 0 Å². The summed E-state index contributed by atoms with van der Waals surface area (Å²) in [6, 6.07) is -0.210. The summed E-state index contributed by atoms with van der Waals surface area (Å²) in [5.74, 6) is 0.469. The molecule has 7 heteroatoms. The van der Waals surface area contributed by atoms with Crippen LogP contribution in [0.2, 0.25) is 0 Å². The van der Waals surface area contributed by atoms with Crippen LogP contribution in [0.25, 0.3) is 0 Å². The first-order chi connectivity index (χ1) is 9.94. The SMILES string of the molecule is CCc1cnc(CNC(=O)N2CCC(C)(C(=O)O)CC2)o1. The number of carbonyl (C=O) groups is 2. The van der Waals surface area contributed by atoms with Crippen molar-refractivity contribution in [1.29, 1.82) is 0 Å². The van der Waals surface area contributed by atoms with Crippen LogP contribution in [-0.2, 0) is 17.8 Å². The molecule has 0 spiro atoms. The minimum atomic E-state index is -0.797. The Labute approximate surface area is 123 Å². The van der Waals surface area contributed by atoms with Gasteiger partial charge in [0, 0.05) is 19.5 Å². The number of hydrogen-bond donors (Lipinski definition) is 2. The van der Waals surface area contributed by atoms with Gasteiger partial charge >= 0.3 is 12.0 Å². The van der Waals surface area contributed by atoms with Crippen molar-refractivity contribution >= 4 is 12.0 Å². The highest BCUT2D eigenvalue weighted by Crippen LogP contribution is 2.30. The number of carbonyl (C=O) groups excluding carboxylic acids is 1. The van der Waals surface area contributed by atoms with Crippen LogP contribution in [0.3, 0.4) is 0 Å². The first kappa shape index (κ1) is 15.3. The molecule has 116 valence electrons. The van der Waals surface area contributed by atoms with Gasteiger partial charge in [0.15, 0.2) is 0 Å². The lowest BCUT2D eigenvalue weighted by atomic mass is 9.80. The second-order valence-electron chi connectivity index (χ2n) is 5.59. The molecule has 1 aliphatic rings. The fourth-order valence-corrected chi connectivity index (χ4v) is 2.27. The molecule has 2 heterocycles. The van der Waals surface area contributed by atoms with Gasteiger partial charge in [-0.3, -0.25) is 4.79 Å². The van der Waals surface area contributed by atoms with Gasteiger partial charge in [-0.15, -0.1) is 0 Å². The zero-order valence-corrected chi connectivity index (χ0v) is 12.4. The summed E-state index contributed by atoms with van der Waals surface area (Å²) in [7, 11) is 0. The van der Waals surface area contributed by atoms with E-state index in [1.807, 2.05) is 6.92 Å². The topological polar surface area (TPSA) is 95.7 Å². The Balaban J connectivity index is 1.81. The summed E-state index contributed by atoms with van der Waals surface area (Å²) in [6.07, 6.45) is 3.35. The number of aliphatic carboxylic acids is 1. The quantitative estimate of drug-likeness (QED) is 0.880. The molecule has 21 heavy (non-hydrogen) atoms. The molecule has 2 rings (SSSR count). The molecule has 0 aliphatic carbocycles. The number of carboxylic acid groups (broad SMARTS) is 1. The number of nitrogens with one attached hydrogen (secondary N) is 1.